The van der Waals surface area contributed by atoms with E-state index in [-0.39, 0.29) is 41.3 Å². The molecule has 1 aromatic rings. The first kappa shape index (κ1) is 20.4. The van der Waals surface area contributed by atoms with Gasteiger partial charge < -0.3 is 9.87 Å². The molecule has 1 saturated carbocycles. The Morgan fingerprint density at radius 3 is 2.30 bits per heavy atom. The number of hydrogen-bond donors (Lipinski definition) is 1. The van der Waals surface area contributed by atoms with Gasteiger partial charge in [0.25, 0.3) is 5.56 Å². The topological polar surface area (TPSA) is 113 Å². The Balaban J connectivity index is 0.00000264. The quantitative estimate of drug-likeness (QED) is 0.465. The van der Waals surface area contributed by atoms with Gasteiger partial charge in [0.2, 0.25) is 0 Å². The van der Waals surface area contributed by atoms with Crippen molar-refractivity contribution in [1.82, 2.24) is 9.13 Å². The molecule has 1 aliphatic carbocycles. The third-order valence-corrected chi connectivity index (χ3v) is 4.65. The molecule has 2 rings (SSSR count). The van der Waals surface area contributed by atoms with Crippen LogP contribution in [-0.4, -0.2) is 28.0 Å². The van der Waals surface area contributed by atoms with Crippen LogP contribution in [0.2, 0.25) is 0 Å². The molecule has 1 heterocycles. The molecular formula is C13H20N3NaO5S. The molecule has 0 atom stereocenters. The Kier molecular flexibility index (Phi) is 7.09. The summed E-state index contributed by atoms with van der Waals surface area (Å²) in [5.74, 6) is -0.883. The molecule has 1 fully saturated rings. The van der Waals surface area contributed by atoms with E-state index in [1.807, 2.05) is 0 Å². The van der Waals surface area contributed by atoms with Gasteiger partial charge in [0.05, 0.1) is 0 Å². The fourth-order valence-corrected chi connectivity index (χ4v) is 3.18. The van der Waals surface area contributed by atoms with E-state index < -0.39 is 27.2 Å². The van der Waals surface area contributed by atoms with Crippen molar-refractivity contribution in [2.75, 3.05) is 11.2 Å². The van der Waals surface area contributed by atoms with Gasteiger partial charge >= 0.3 is 35.2 Å². The van der Waals surface area contributed by atoms with E-state index in [1.165, 1.54) is 23.1 Å². The van der Waals surface area contributed by atoms with E-state index in [0.717, 1.165) is 32.1 Å². The van der Waals surface area contributed by atoms with E-state index in [9.17, 15) is 22.6 Å². The van der Waals surface area contributed by atoms with Crippen LogP contribution in [0.5, 0.6) is 0 Å². The van der Waals surface area contributed by atoms with Crippen LogP contribution in [0.1, 0.15) is 43.8 Å². The zero-order valence-corrected chi connectivity index (χ0v) is 16.5. The van der Waals surface area contributed by atoms with E-state index in [4.69, 9.17) is 0 Å². The second-order valence-electron chi connectivity index (χ2n) is 5.65. The van der Waals surface area contributed by atoms with Gasteiger partial charge in [-0.25, -0.2) is 13.2 Å². The molecule has 23 heavy (non-hydrogen) atoms. The Morgan fingerprint density at radius 1 is 1.22 bits per heavy atom. The Hall–Kier alpha value is -0.610. The van der Waals surface area contributed by atoms with Gasteiger partial charge in [0.15, 0.2) is 0 Å². The summed E-state index contributed by atoms with van der Waals surface area (Å²) in [6, 6.07) is -0.176. The zero-order valence-electron chi connectivity index (χ0n) is 13.7. The summed E-state index contributed by atoms with van der Waals surface area (Å²) in [6.07, 6.45) is 4.48. The van der Waals surface area contributed by atoms with Crippen molar-refractivity contribution in [1.29, 1.82) is 0 Å². The average Bonchev–Trinajstić information content (AvgIpc) is 2.45. The fraction of sp³-hybridized carbons (Fsp3) is 0.692. The predicted molar refractivity (Wildman–Crippen MR) is 81.0 cm³/mol. The third kappa shape index (κ3) is 4.69. The monoisotopic (exact) mass is 353 g/mol. The van der Waals surface area contributed by atoms with E-state index in [1.54, 1.807) is 0 Å². The molecular weight excluding hydrogens is 333 g/mol. The molecule has 0 radical (unpaired) electrons. The smallest absolute Gasteiger partial charge is 0.747 e. The van der Waals surface area contributed by atoms with E-state index in [0.29, 0.717) is 5.69 Å². The maximum absolute atomic E-state index is 12.6. The first-order chi connectivity index (χ1) is 10.2. The van der Waals surface area contributed by atoms with Gasteiger partial charge in [-0.2, -0.15) is 0 Å². The number of hydrogen-bond acceptors (Lipinski definition) is 6. The van der Waals surface area contributed by atoms with Gasteiger partial charge in [0, 0.05) is 18.8 Å². The van der Waals surface area contributed by atoms with Crippen molar-refractivity contribution in [3.63, 3.8) is 0 Å². The molecule has 0 aromatic carbocycles. The Morgan fingerprint density at radius 2 is 1.78 bits per heavy atom. The van der Waals surface area contributed by atoms with Crippen molar-refractivity contribution in [2.24, 2.45) is 7.05 Å². The van der Waals surface area contributed by atoms with Crippen molar-refractivity contribution >= 4 is 15.8 Å². The minimum atomic E-state index is -4.51. The van der Waals surface area contributed by atoms with Crippen LogP contribution in [0.4, 0.5) is 5.69 Å². The van der Waals surface area contributed by atoms with Gasteiger partial charge in [0.1, 0.15) is 21.7 Å². The molecule has 0 unspecified atom stereocenters. The summed E-state index contributed by atoms with van der Waals surface area (Å²) < 4.78 is 34.8. The van der Waals surface area contributed by atoms with Gasteiger partial charge in [-0.15, -0.1) is 0 Å². The van der Waals surface area contributed by atoms with Crippen LogP contribution in [0.15, 0.2) is 9.59 Å². The van der Waals surface area contributed by atoms with Crippen LogP contribution >= 0.6 is 0 Å². The molecule has 1 N–H and O–H groups in total. The summed E-state index contributed by atoms with van der Waals surface area (Å²) in [5.41, 5.74) is -0.668. The number of nitrogens with zero attached hydrogens (tertiary/aromatic N) is 2. The van der Waals surface area contributed by atoms with Crippen LogP contribution in [0.25, 0.3) is 0 Å². The first-order valence-corrected chi connectivity index (χ1v) is 8.79. The van der Waals surface area contributed by atoms with Crippen molar-refractivity contribution in [3.8, 4) is 0 Å². The van der Waals surface area contributed by atoms with Crippen molar-refractivity contribution in [3.05, 3.63) is 26.5 Å². The zero-order chi connectivity index (χ0) is 16.5. The average molecular weight is 353 g/mol. The molecule has 124 valence electrons. The Labute approximate surface area is 156 Å². The van der Waals surface area contributed by atoms with Crippen LogP contribution in [0.3, 0.4) is 0 Å². The van der Waals surface area contributed by atoms with Crippen LogP contribution in [-0.2, 0) is 17.2 Å². The molecule has 0 spiro atoms. The van der Waals surface area contributed by atoms with Crippen LogP contribution < -0.4 is 46.1 Å². The minimum Gasteiger partial charge on any atom is -0.747 e. The largest absolute Gasteiger partial charge is 1.00 e. The molecule has 0 bridgehead atoms. The maximum atomic E-state index is 12.6. The standard InChI is InChI=1S/C13H21N3O5S.Na/c1-9-11(14-8-22(19,20)21)12(17)16(13(18)15(9)2)10-6-4-3-5-7-10;/h10,14H,3-8H2,1-2H3,(H,19,20,21);/q;+1/p-1. The Bertz CT molecular complexity index is 778. The van der Waals surface area contributed by atoms with E-state index >= 15 is 0 Å². The normalized spacial score (nSPS) is 16.0. The first-order valence-electron chi connectivity index (χ1n) is 7.22. The van der Waals surface area contributed by atoms with Crippen molar-refractivity contribution < 1.29 is 42.5 Å². The summed E-state index contributed by atoms with van der Waals surface area (Å²) in [5, 5.41) is 2.38. The maximum Gasteiger partial charge on any atom is 1.00 e. The molecule has 0 saturated heterocycles. The summed E-state index contributed by atoms with van der Waals surface area (Å²) in [6.45, 7) is 1.54. The fourth-order valence-electron chi connectivity index (χ4n) is 2.86. The SMILES string of the molecule is Cc1c(NCS(=O)(=O)[O-])c(=O)n(C2CCCCC2)c(=O)n1C.[Na+]. The third-order valence-electron chi connectivity index (χ3n) is 4.16. The molecule has 10 heteroatoms. The molecule has 0 aliphatic heterocycles. The number of rotatable bonds is 4. The summed E-state index contributed by atoms with van der Waals surface area (Å²) in [7, 11) is -2.99. The van der Waals surface area contributed by atoms with Gasteiger partial charge in [-0.3, -0.25) is 13.9 Å². The summed E-state index contributed by atoms with van der Waals surface area (Å²) in [4.78, 5) is 25.0. The summed E-state index contributed by atoms with van der Waals surface area (Å²) >= 11 is 0. The number of aromatic nitrogens is 2. The number of anilines is 1. The minimum absolute atomic E-state index is 0. The number of nitrogens with one attached hydrogen (secondary N) is 1. The van der Waals surface area contributed by atoms with Gasteiger partial charge in [-0.1, -0.05) is 19.3 Å². The molecule has 8 nitrogen and oxygen atoms in total. The second-order valence-corrected chi connectivity index (χ2v) is 7.05. The van der Waals surface area contributed by atoms with Gasteiger partial charge in [-0.05, 0) is 19.8 Å². The molecule has 0 amide bonds. The van der Waals surface area contributed by atoms with Crippen molar-refractivity contribution in [2.45, 2.75) is 45.1 Å². The molecule has 1 aromatic heterocycles. The second kappa shape index (κ2) is 7.98. The predicted octanol–water partition coefficient (Wildman–Crippen LogP) is -2.72. The van der Waals surface area contributed by atoms with Crippen LogP contribution in [0, 0.1) is 6.92 Å². The molecule has 1 aliphatic rings. The van der Waals surface area contributed by atoms with E-state index in [2.05, 4.69) is 5.32 Å².